The Kier molecular flexibility index (Phi) is 9.58. The summed E-state index contributed by atoms with van der Waals surface area (Å²) >= 11 is 1.88. The van der Waals surface area contributed by atoms with E-state index in [1.807, 2.05) is 11.8 Å². The van der Waals surface area contributed by atoms with Crippen LogP contribution in [0.1, 0.15) is 25.7 Å². The second-order valence-electron chi connectivity index (χ2n) is 3.52. The average molecular weight is 254 g/mol. The fraction of sp³-hybridized carbons (Fsp3) is 1.00. The molecule has 4 nitrogen and oxygen atoms in total. The van der Waals surface area contributed by atoms with E-state index in [0.717, 1.165) is 13.0 Å². The number of thioether (sulfide) groups is 1. The molecule has 15 heavy (non-hydrogen) atoms. The molecule has 3 N–H and O–H groups in total. The normalized spacial score (nSPS) is 11.9. The minimum atomic E-state index is -3.29. The third-order valence-corrected chi connectivity index (χ3v) is 3.49. The highest BCUT2D eigenvalue weighted by atomic mass is 32.2. The molecule has 0 aliphatic heterocycles. The van der Waals surface area contributed by atoms with Crippen molar-refractivity contribution in [2.75, 3.05) is 30.9 Å². The van der Waals surface area contributed by atoms with Crippen LogP contribution >= 0.6 is 11.8 Å². The summed E-state index contributed by atoms with van der Waals surface area (Å²) < 4.78 is 21.1. The Morgan fingerprint density at radius 1 is 1.13 bits per heavy atom. The minimum Gasteiger partial charge on any atom is -0.316 e. The first-order valence-electron chi connectivity index (χ1n) is 5.26. The SMILES string of the molecule is CSCCCCCCNCCS(N)(=O)=O. The maximum Gasteiger partial charge on any atom is 0.210 e. The van der Waals surface area contributed by atoms with E-state index in [2.05, 4.69) is 11.6 Å². The maximum absolute atomic E-state index is 10.6. The van der Waals surface area contributed by atoms with Crippen molar-refractivity contribution in [3.8, 4) is 0 Å². The zero-order valence-corrected chi connectivity index (χ0v) is 11.0. The van der Waals surface area contributed by atoms with Gasteiger partial charge in [-0.2, -0.15) is 11.8 Å². The van der Waals surface area contributed by atoms with Crippen molar-refractivity contribution in [3.05, 3.63) is 0 Å². The molecule has 0 heterocycles. The van der Waals surface area contributed by atoms with Gasteiger partial charge in [0.2, 0.25) is 10.0 Å². The smallest absolute Gasteiger partial charge is 0.210 e. The predicted molar refractivity (Wildman–Crippen MR) is 67.7 cm³/mol. The van der Waals surface area contributed by atoms with Crippen molar-refractivity contribution in [2.45, 2.75) is 25.7 Å². The van der Waals surface area contributed by atoms with Gasteiger partial charge in [-0.25, -0.2) is 13.6 Å². The van der Waals surface area contributed by atoms with Crippen LogP contribution in [0.5, 0.6) is 0 Å². The second kappa shape index (κ2) is 9.45. The van der Waals surface area contributed by atoms with Crippen molar-refractivity contribution in [1.82, 2.24) is 5.32 Å². The van der Waals surface area contributed by atoms with Crippen LogP contribution in [-0.4, -0.2) is 39.3 Å². The van der Waals surface area contributed by atoms with Crippen molar-refractivity contribution < 1.29 is 8.42 Å². The van der Waals surface area contributed by atoms with E-state index in [-0.39, 0.29) is 5.75 Å². The van der Waals surface area contributed by atoms with Crippen LogP contribution in [-0.2, 0) is 10.0 Å². The Bertz CT molecular complexity index is 230. The summed E-state index contributed by atoms with van der Waals surface area (Å²) in [4.78, 5) is 0. The summed E-state index contributed by atoms with van der Waals surface area (Å²) in [5.41, 5.74) is 0. The topological polar surface area (TPSA) is 72.2 Å². The number of sulfonamides is 1. The standard InChI is InChI=1S/C9H22N2O2S2/c1-14-8-5-3-2-4-6-11-7-9-15(10,12)13/h11H,2-9H2,1H3,(H2,10,12,13). The van der Waals surface area contributed by atoms with Gasteiger partial charge in [-0.1, -0.05) is 12.8 Å². The number of hydrogen-bond donors (Lipinski definition) is 2. The third kappa shape index (κ3) is 14.2. The molecule has 92 valence electrons. The van der Waals surface area contributed by atoms with Crippen molar-refractivity contribution in [3.63, 3.8) is 0 Å². The number of nitrogens with two attached hydrogens (primary N) is 1. The van der Waals surface area contributed by atoms with E-state index in [0.29, 0.717) is 6.54 Å². The van der Waals surface area contributed by atoms with Crippen LogP contribution in [0, 0.1) is 0 Å². The van der Waals surface area contributed by atoms with Gasteiger partial charge in [0.05, 0.1) is 5.75 Å². The second-order valence-corrected chi connectivity index (χ2v) is 6.24. The minimum absolute atomic E-state index is 0.0273. The first kappa shape index (κ1) is 15.2. The molecule has 0 unspecified atom stereocenters. The number of hydrogen-bond acceptors (Lipinski definition) is 4. The van der Waals surface area contributed by atoms with Gasteiger partial charge in [-0.15, -0.1) is 0 Å². The van der Waals surface area contributed by atoms with E-state index in [1.165, 1.54) is 25.0 Å². The van der Waals surface area contributed by atoms with Crippen molar-refractivity contribution in [2.24, 2.45) is 5.14 Å². The lowest BCUT2D eigenvalue weighted by Crippen LogP contribution is -2.27. The Morgan fingerprint density at radius 2 is 1.80 bits per heavy atom. The number of primary sulfonamides is 1. The van der Waals surface area contributed by atoms with E-state index < -0.39 is 10.0 Å². The van der Waals surface area contributed by atoms with Gasteiger partial charge in [0, 0.05) is 6.54 Å². The molecule has 0 aliphatic carbocycles. The van der Waals surface area contributed by atoms with Gasteiger partial charge in [0.1, 0.15) is 0 Å². The number of nitrogens with one attached hydrogen (secondary N) is 1. The zero-order chi connectivity index (χ0) is 11.6. The zero-order valence-electron chi connectivity index (χ0n) is 9.37. The molecule has 0 saturated heterocycles. The fourth-order valence-corrected chi connectivity index (χ4v) is 2.11. The van der Waals surface area contributed by atoms with Gasteiger partial charge in [0.15, 0.2) is 0 Å². The Balaban J connectivity index is 3.06. The molecule has 0 aromatic heterocycles. The van der Waals surface area contributed by atoms with Crippen LogP contribution < -0.4 is 10.5 Å². The third-order valence-electron chi connectivity index (χ3n) is 2.02. The molecule has 0 rings (SSSR count). The van der Waals surface area contributed by atoms with Gasteiger partial charge < -0.3 is 5.32 Å². The van der Waals surface area contributed by atoms with E-state index in [9.17, 15) is 8.42 Å². The number of rotatable bonds is 10. The van der Waals surface area contributed by atoms with E-state index >= 15 is 0 Å². The van der Waals surface area contributed by atoms with E-state index in [4.69, 9.17) is 5.14 Å². The highest BCUT2D eigenvalue weighted by Gasteiger charge is 2.00. The summed E-state index contributed by atoms with van der Waals surface area (Å²) in [7, 11) is -3.29. The summed E-state index contributed by atoms with van der Waals surface area (Å²) in [6.07, 6.45) is 6.98. The summed E-state index contributed by atoms with van der Waals surface area (Å²) in [5.74, 6) is 1.26. The molecule has 0 fully saturated rings. The first-order valence-corrected chi connectivity index (χ1v) is 8.37. The molecular weight excluding hydrogens is 232 g/mol. The summed E-state index contributed by atoms with van der Waals surface area (Å²) in [6.45, 7) is 1.35. The average Bonchev–Trinajstić information content (AvgIpc) is 2.14. The molecule has 0 radical (unpaired) electrons. The summed E-state index contributed by atoms with van der Waals surface area (Å²) in [6, 6.07) is 0. The molecule has 6 heteroatoms. The van der Waals surface area contributed by atoms with Crippen LogP contribution in [0.3, 0.4) is 0 Å². The van der Waals surface area contributed by atoms with Crippen LogP contribution in [0.25, 0.3) is 0 Å². The molecule has 0 atom stereocenters. The quantitative estimate of drug-likeness (QED) is 0.565. The predicted octanol–water partition coefficient (Wildman–Crippen LogP) is 0.788. The fourth-order valence-electron chi connectivity index (χ4n) is 1.19. The lowest BCUT2D eigenvalue weighted by Gasteiger charge is -2.03. The molecule has 0 bridgehead atoms. The molecule has 0 saturated carbocycles. The Labute approximate surface area is 97.4 Å². The van der Waals surface area contributed by atoms with Crippen molar-refractivity contribution in [1.29, 1.82) is 0 Å². The lowest BCUT2D eigenvalue weighted by molar-refractivity contribution is 0.584. The molecule has 0 aromatic carbocycles. The molecule has 0 aliphatic rings. The van der Waals surface area contributed by atoms with Crippen LogP contribution in [0.15, 0.2) is 0 Å². The largest absolute Gasteiger partial charge is 0.316 e. The molecule has 0 amide bonds. The van der Waals surface area contributed by atoms with Gasteiger partial charge in [-0.3, -0.25) is 0 Å². The van der Waals surface area contributed by atoms with Crippen LogP contribution in [0.2, 0.25) is 0 Å². The monoisotopic (exact) mass is 254 g/mol. The van der Waals surface area contributed by atoms with Gasteiger partial charge >= 0.3 is 0 Å². The lowest BCUT2D eigenvalue weighted by atomic mass is 10.2. The maximum atomic E-state index is 10.6. The van der Waals surface area contributed by atoms with Crippen molar-refractivity contribution >= 4 is 21.8 Å². The van der Waals surface area contributed by atoms with Gasteiger partial charge in [0.25, 0.3) is 0 Å². The first-order chi connectivity index (χ1) is 7.06. The van der Waals surface area contributed by atoms with Gasteiger partial charge in [-0.05, 0) is 31.4 Å². The Morgan fingerprint density at radius 3 is 2.40 bits per heavy atom. The Hall–Kier alpha value is 0.220. The molecule has 0 aromatic rings. The highest BCUT2D eigenvalue weighted by Crippen LogP contribution is 2.03. The highest BCUT2D eigenvalue weighted by molar-refractivity contribution is 7.98. The molecular formula is C9H22N2O2S2. The van der Waals surface area contributed by atoms with E-state index in [1.54, 1.807) is 0 Å². The molecule has 0 spiro atoms. The van der Waals surface area contributed by atoms with Crippen LogP contribution in [0.4, 0.5) is 0 Å². The number of unbranched alkanes of at least 4 members (excludes halogenated alkanes) is 3. The summed E-state index contributed by atoms with van der Waals surface area (Å²) in [5, 5.41) is 7.93.